The largest absolute Gasteiger partial charge is 0.390 e. The summed E-state index contributed by atoms with van der Waals surface area (Å²) in [5.74, 6) is -0.0232. The summed E-state index contributed by atoms with van der Waals surface area (Å²) in [5, 5.41) is 21.5. The zero-order valence-electron chi connectivity index (χ0n) is 23.4. The number of anilines is 2. The number of benzene rings is 3. The maximum Gasteiger partial charge on any atom is 0.251 e. The number of rotatable bonds is 13. The van der Waals surface area contributed by atoms with Crippen molar-refractivity contribution in [3.63, 3.8) is 0 Å². The number of aliphatic hydroxyl groups is 1. The highest BCUT2D eigenvalue weighted by Crippen LogP contribution is 2.50. The Labute approximate surface area is 249 Å². The molecule has 0 aromatic heterocycles. The van der Waals surface area contributed by atoms with Crippen molar-refractivity contribution in [2.24, 2.45) is 0 Å². The van der Waals surface area contributed by atoms with Crippen molar-refractivity contribution in [2.45, 2.75) is 44.8 Å². The quantitative estimate of drug-likeness (QED) is 0.142. The van der Waals surface area contributed by atoms with Crippen LogP contribution in [0.1, 0.15) is 41.3 Å². The Morgan fingerprint density at radius 2 is 1.80 bits per heavy atom. The molecule has 0 spiro atoms. The minimum absolute atomic E-state index is 0.291. The SMILES string of the molecule is CCNc1cc(C(=O)N[C@@H](Cc2ccccc2)[C@@H](O)CNCCc2ccccc2Cl)cc(N2CCCCS2(O)O)c1. The second-order valence-electron chi connectivity index (χ2n) is 10.3. The first-order valence-corrected chi connectivity index (χ1v) is 16.2. The normalized spacial score (nSPS) is 17.0. The number of carbonyl (C=O) groups is 1. The summed E-state index contributed by atoms with van der Waals surface area (Å²) in [4.78, 5) is 13.6. The van der Waals surface area contributed by atoms with Gasteiger partial charge in [-0.3, -0.25) is 18.2 Å². The molecule has 3 aromatic carbocycles. The van der Waals surface area contributed by atoms with Gasteiger partial charge in [-0.1, -0.05) is 60.1 Å². The van der Waals surface area contributed by atoms with Crippen LogP contribution in [0, 0.1) is 0 Å². The topological polar surface area (TPSA) is 117 Å². The van der Waals surface area contributed by atoms with E-state index in [0.717, 1.165) is 36.1 Å². The van der Waals surface area contributed by atoms with Crippen molar-refractivity contribution in [1.29, 1.82) is 0 Å². The summed E-state index contributed by atoms with van der Waals surface area (Å²) in [7, 11) is -2.95. The van der Waals surface area contributed by atoms with Crippen LogP contribution in [0.5, 0.6) is 0 Å². The highest BCUT2D eigenvalue weighted by molar-refractivity contribution is 8.25. The van der Waals surface area contributed by atoms with Crippen LogP contribution < -0.4 is 20.3 Å². The summed E-state index contributed by atoms with van der Waals surface area (Å²) in [6, 6.07) is 22.2. The number of carbonyl (C=O) groups excluding carboxylic acids is 1. The molecular weight excluding hydrogens is 560 g/mol. The Hall–Kier alpha value is -2.79. The number of hydrogen-bond acceptors (Lipinski definition) is 7. The van der Waals surface area contributed by atoms with Gasteiger partial charge in [0, 0.05) is 35.9 Å². The third kappa shape index (κ3) is 8.85. The van der Waals surface area contributed by atoms with Gasteiger partial charge in [0.05, 0.1) is 23.6 Å². The number of aliphatic hydroxyl groups excluding tert-OH is 1. The van der Waals surface area contributed by atoms with Crippen molar-refractivity contribution in [3.05, 3.63) is 94.5 Å². The molecular formula is C31H41ClN4O4S. The molecule has 222 valence electrons. The molecule has 2 atom stereocenters. The standard InChI is InChI=1S/C31H41ClN4O4S/c1-2-34-26-19-25(20-27(21-26)36-16-8-9-17-41(36,39)40)31(38)35-29(18-23-10-4-3-5-11-23)30(37)22-33-15-14-24-12-6-7-13-28(24)32/h3-7,10-13,19-21,29-30,33-34,37,39-40H,2,8-9,14-18,22H2,1H3,(H,35,38)/t29-,30-/m0/s1. The van der Waals surface area contributed by atoms with E-state index in [1.54, 1.807) is 16.4 Å². The maximum atomic E-state index is 13.6. The number of nitrogens with one attached hydrogen (secondary N) is 3. The second-order valence-corrected chi connectivity index (χ2v) is 12.8. The summed E-state index contributed by atoms with van der Waals surface area (Å²) < 4.78 is 23.0. The van der Waals surface area contributed by atoms with Crippen molar-refractivity contribution in [2.75, 3.05) is 41.6 Å². The number of nitrogens with zero attached hydrogens (tertiary/aromatic N) is 1. The molecule has 8 nitrogen and oxygen atoms in total. The molecule has 41 heavy (non-hydrogen) atoms. The lowest BCUT2D eigenvalue weighted by Gasteiger charge is -2.47. The van der Waals surface area contributed by atoms with Gasteiger partial charge < -0.3 is 21.1 Å². The van der Waals surface area contributed by atoms with Crippen molar-refractivity contribution in [3.8, 4) is 0 Å². The van der Waals surface area contributed by atoms with Crippen molar-refractivity contribution >= 4 is 39.7 Å². The van der Waals surface area contributed by atoms with Crippen molar-refractivity contribution in [1.82, 2.24) is 10.6 Å². The van der Waals surface area contributed by atoms with Gasteiger partial charge in [0.2, 0.25) is 0 Å². The van der Waals surface area contributed by atoms with Crippen LogP contribution in [0.4, 0.5) is 11.4 Å². The zero-order valence-corrected chi connectivity index (χ0v) is 25.0. The van der Waals surface area contributed by atoms with Gasteiger partial charge in [-0.25, -0.2) is 0 Å². The van der Waals surface area contributed by atoms with Gasteiger partial charge in [-0.15, -0.1) is 10.8 Å². The summed E-state index contributed by atoms with van der Waals surface area (Å²) in [5.41, 5.74) is 3.73. The molecule has 0 radical (unpaired) electrons. The molecule has 3 aromatic rings. The van der Waals surface area contributed by atoms with Crippen LogP contribution in [0.2, 0.25) is 5.02 Å². The van der Waals surface area contributed by atoms with Gasteiger partial charge in [0.15, 0.2) is 0 Å². The van der Waals surface area contributed by atoms with E-state index in [2.05, 4.69) is 16.0 Å². The minimum atomic E-state index is -2.95. The molecule has 0 aliphatic carbocycles. The molecule has 1 aliphatic heterocycles. The average Bonchev–Trinajstić information content (AvgIpc) is 2.96. The molecule has 0 saturated carbocycles. The van der Waals surface area contributed by atoms with Crippen LogP contribution >= 0.6 is 22.4 Å². The Bertz CT molecular complexity index is 1280. The van der Waals surface area contributed by atoms with Crippen LogP contribution in [0.15, 0.2) is 72.8 Å². The number of amides is 1. The molecule has 1 fully saturated rings. The lowest BCUT2D eigenvalue weighted by atomic mass is 10.00. The monoisotopic (exact) mass is 600 g/mol. The smallest absolute Gasteiger partial charge is 0.251 e. The van der Waals surface area contributed by atoms with Crippen molar-refractivity contribution < 1.29 is 19.0 Å². The highest BCUT2D eigenvalue weighted by Gasteiger charge is 2.28. The van der Waals surface area contributed by atoms with Crippen LogP contribution in [-0.4, -0.2) is 64.2 Å². The number of halogens is 1. The zero-order chi connectivity index (χ0) is 29.2. The van der Waals surface area contributed by atoms with E-state index in [9.17, 15) is 19.0 Å². The Morgan fingerprint density at radius 3 is 2.54 bits per heavy atom. The summed E-state index contributed by atoms with van der Waals surface area (Å²) in [6.07, 6.45) is 1.92. The number of hydrogen-bond donors (Lipinski definition) is 6. The Kier molecular flexibility index (Phi) is 11.3. The lowest BCUT2D eigenvalue weighted by Crippen LogP contribution is -2.49. The van der Waals surface area contributed by atoms with Crippen LogP contribution in [-0.2, 0) is 12.8 Å². The fraction of sp³-hybridized carbons (Fsp3) is 0.387. The van der Waals surface area contributed by atoms with Gasteiger partial charge >= 0.3 is 0 Å². The molecule has 10 heteroatoms. The van der Waals surface area contributed by atoms with E-state index in [-0.39, 0.29) is 5.91 Å². The second kappa shape index (κ2) is 14.9. The molecule has 4 rings (SSSR count). The third-order valence-electron chi connectivity index (χ3n) is 7.19. The molecule has 1 saturated heterocycles. The molecule has 1 aliphatic rings. The van der Waals surface area contributed by atoms with E-state index in [1.807, 2.05) is 67.6 Å². The van der Waals surface area contributed by atoms with Gasteiger partial charge in [-0.05, 0) is 74.5 Å². The fourth-order valence-electron chi connectivity index (χ4n) is 5.02. The third-order valence-corrected chi connectivity index (χ3v) is 9.50. The van der Waals surface area contributed by atoms with Gasteiger partial charge in [0.1, 0.15) is 0 Å². The summed E-state index contributed by atoms with van der Waals surface area (Å²) in [6.45, 7) is 4.04. The van der Waals surface area contributed by atoms with E-state index in [0.29, 0.717) is 54.6 Å². The average molecular weight is 601 g/mol. The first-order chi connectivity index (χ1) is 19.8. The first-order valence-electron chi connectivity index (χ1n) is 14.2. The maximum absolute atomic E-state index is 13.6. The van der Waals surface area contributed by atoms with Crippen LogP contribution in [0.3, 0.4) is 0 Å². The molecule has 0 bridgehead atoms. The van der Waals surface area contributed by atoms with Crippen LogP contribution in [0.25, 0.3) is 0 Å². The molecule has 0 unspecified atom stereocenters. The van der Waals surface area contributed by atoms with E-state index in [1.165, 1.54) is 0 Å². The highest BCUT2D eigenvalue weighted by atomic mass is 35.5. The molecule has 1 amide bonds. The summed E-state index contributed by atoms with van der Waals surface area (Å²) >= 11 is 6.27. The van der Waals surface area contributed by atoms with E-state index < -0.39 is 22.9 Å². The molecule has 1 heterocycles. The van der Waals surface area contributed by atoms with Gasteiger partial charge in [-0.2, -0.15) is 0 Å². The lowest BCUT2D eigenvalue weighted by molar-refractivity contribution is 0.0831. The first kappa shape index (κ1) is 31.2. The Balaban J connectivity index is 1.49. The minimum Gasteiger partial charge on any atom is -0.390 e. The predicted molar refractivity (Wildman–Crippen MR) is 170 cm³/mol. The van der Waals surface area contributed by atoms with E-state index in [4.69, 9.17) is 11.6 Å². The Morgan fingerprint density at radius 1 is 1.05 bits per heavy atom. The van der Waals surface area contributed by atoms with E-state index >= 15 is 0 Å². The van der Waals surface area contributed by atoms with Gasteiger partial charge in [0.25, 0.3) is 5.91 Å². The fourth-order valence-corrected chi connectivity index (χ4v) is 6.92. The predicted octanol–water partition coefficient (Wildman–Crippen LogP) is 5.57. The molecule has 6 N–H and O–H groups in total.